The average Bonchev–Trinajstić information content (AvgIpc) is 3.45. The molecule has 0 fully saturated rings. The highest BCUT2D eigenvalue weighted by molar-refractivity contribution is 6.10. The highest BCUT2D eigenvalue weighted by Crippen LogP contribution is 2.33. The molecule has 5 aromatic rings. The summed E-state index contributed by atoms with van der Waals surface area (Å²) >= 11 is 0. The van der Waals surface area contributed by atoms with E-state index < -0.39 is 23.1 Å². The zero-order chi connectivity index (χ0) is 22.3. The van der Waals surface area contributed by atoms with Gasteiger partial charge in [0.2, 0.25) is 0 Å². The van der Waals surface area contributed by atoms with E-state index in [0.717, 1.165) is 22.8 Å². The van der Waals surface area contributed by atoms with Gasteiger partial charge in [-0.1, -0.05) is 24.3 Å². The maximum atomic E-state index is 13.3. The number of nitrogens with zero attached hydrogens (tertiary/aromatic N) is 3. The second kappa shape index (κ2) is 7.45. The Morgan fingerprint density at radius 2 is 1.84 bits per heavy atom. The summed E-state index contributed by atoms with van der Waals surface area (Å²) < 4.78 is 39.9. The number of ketones is 1. The fourth-order valence-corrected chi connectivity index (χ4v) is 3.50. The van der Waals surface area contributed by atoms with Gasteiger partial charge in [-0.05, 0) is 30.3 Å². The molecule has 0 saturated carbocycles. The Bertz CT molecular complexity index is 1440. The Hall–Kier alpha value is -4.27. The van der Waals surface area contributed by atoms with Crippen LogP contribution in [0.3, 0.4) is 0 Å². The van der Waals surface area contributed by atoms with E-state index in [4.69, 9.17) is 0 Å². The summed E-state index contributed by atoms with van der Waals surface area (Å²) in [6.45, 7) is 0. The number of nitrogens with one attached hydrogen (secondary N) is 2. The van der Waals surface area contributed by atoms with E-state index in [1.807, 2.05) is 18.2 Å². The van der Waals surface area contributed by atoms with Crippen molar-refractivity contribution in [3.05, 3.63) is 90.0 Å². The molecule has 3 aromatic heterocycles. The summed E-state index contributed by atoms with van der Waals surface area (Å²) in [5.41, 5.74) is 2.31. The molecule has 0 aliphatic rings. The number of carbonyl (C=O) groups is 1. The van der Waals surface area contributed by atoms with Gasteiger partial charge in [-0.3, -0.25) is 4.79 Å². The first-order valence-corrected chi connectivity index (χ1v) is 9.56. The van der Waals surface area contributed by atoms with Crippen molar-refractivity contribution < 1.29 is 18.0 Å². The molecule has 0 atom stereocenters. The standard InChI is InChI=1S/C23H14F3N5O/c24-23(25,26)16-4-2-1-3-15(16)21(32)14-10-20(28-11-14)22-30-18-6-5-13(9-19(18)31-22)17-7-8-27-12-29-17/h1-12,28H,(H,30,31). The molecule has 0 saturated heterocycles. The molecule has 0 aliphatic carbocycles. The normalized spacial score (nSPS) is 11.7. The average molecular weight is 433 g/mol. The first kappa shape index (κ1) is 19.7. The third-order valence-corrected chi connectivity index (χ3v) is 5.04. The quantitative estimate of drug-likeness (QED) is 0.378. The van der Waals surface area contributed by atoms with E-state index in [1.54, 1.807) is 12.3 Å². The summed E-state index contributed by atoms with van der Waals surface area (Å²) in [4.78, 5) is 31.5. The number of halogens is 3. The second-order valence-electron chi connectivity index (χ2n) is 7.09. The fourth-order valence-electron chi connectivity index (χ4n) is 3.50. The van der Waals surface area contributed by atoms with Crippen LogP contribution in [0.1, 0.15) is 21.5 Å². The molecule has 0 bridgehead atoms. The smallest absolute Gasteiger partial charge is 0.358 e. The number of hydrogen-bond acceptors (Lipinski definition) is 4. The van der Waals surface area contributed by atoms with Crippen LogP contribution in [-0.4, -0.2) is 30.7 Å². The number of benzene rings is 2. The zero-order valence-electron chi connectivity index (χ0n) is 16.3. The van der Waals surface area contributed by atoms with Gasteiger partial charge in [-0.2, -0.15) is 13.2 Å². The lowest BCUT2D eigenvalue weighted by molar-refractivity contribution is -0.137. The number of imidazole rings is 1. The minimum atomic E-state index is -4.62. The summed E-state index contributed by atoms with van der Waals surface area (Å²) in [6, 6.07) is 13.6. The number of carbonyl (C=O) groups excluding carboxylic acids is 1. The lowest BCUT2D eigenvalue weighted by Crippen LogP contribution is -2.13. The number of hydrogen-bond donors (Lipinski definition) is 2. The summed E-state index contributed by atoms with van der Waals surface area (Å²) in [5, 5.41) is 0. The molecule has 2 N–H and O–H groups in total. The predicted molar refractivity (Wildman–Crippen MR) is 112 cm³/mol. The molecule has 32 heavy (non-hydrogen) atoms. The monoisotopic (exact) mass is 433 g/mol. The summed E-state index contributed by atoms with van der Waals surface area (Å²) in [6.07, 6.45) is -0.124. The molecule has 3 heterocycles. The van der Waals surface area contributed by atoms with Crippen molar-refractivity contribution in [2.24, 2.45) is 0 Å². The van der Waals surface area contributed by atoms with Crippen LogP contribution in [-0.2, 0) is 6.18 Å². The molecule has 0 amide bonds. The molecule has 0 radical (unpaired) electrons. The predicted octanol–water partition coefficient (Wildman–Crippen LogP) is 5.26. The Kier molecular flexibility index (Phi) is 4.58. The molecule has 9 heteroatoms. The van der Waals surface area contributed by atoms with Gasteiger partial charge < -0.3 is 9.97 Å². The van der Waals surface area contributed by atoms with Gasteiger partial charge in [0.1, 0.15) is 6.33 Å². The Morgan fingerprint density at radius 3 is 2.62 bits per heavy atom. The van der Waals surface area contributed by atoms with Gasteiger partial charge in [0.25, 0.3) is 0 Å². The third kappa shape index (κ3) is 3.53. The van der Waals surface area contributed by atoms with Gasteiger partial charge in [0.15, 0.2) is 11.6 Å². The molecular weight excluding hydrogens is 419 g/mol. The van der Waals surface area contributed by atoms with Crippen molar-refractivity contribution in [2.75, 3.05) is 0 Å². The van der Waals surface area contributed by atoms with E-state index >= 15 is 0 Å². The molecule has 2 aromatic carbocycles. The number of fused-ring (bicyclic) bond motifs is 1. The molecule has 0 aliphatic heterocycles. The lowest BCUT2D eigenvalue weighted by Gasteiger charge is -2.10. The summed E-state index contributed by atoms with van der Waals surface area (Å²) in [5.74, 6) is -0.259. The summed E-state index contributed by atoms with van der Waals surface area (Å²) in [7, 11) is 0. The number of H-pyrrole nitrogens is 2. The number of rotatable bonds is 4. The molecule has 158 valence electrons. The number of alkyl halides is 3. The van der Waals surface area contributed by atoms with Crippen LogP contribution in [0, 0.1) is 0 Å². The maximum Gasteiger partial charge on any atom is 0.417 e. The van der Waals surface area contributed by atoms with Crippen molar-refractivity contribution in [3.8, 4) is 22.8 Å². The van der Waals surface area contributed by atoms with Gasteiger partial charge in [-0.15, -0.1) is 0 Å². The zero-order valence-corrected chi connectivity index (χ0v) is 16.3. The SMILES string of the molecule is O=C(c1c[nH]c(-c2nc3ccc(-c4ccncn4)cc3[nH]2)c1)c1ccccc1C(F)(F)F. The van der Waals surface area contributed by atoms with E-state index in [9.17, 15) is 18.0 Å². The second-order valence-corrected chi connectivity index (χ2v) is 7.09. The van der Waals surface area contributed by atoms with Crippen molar-refractivity contribution in [1.82, 2.24) is 24.9 Å². The van der Waals surface area contributed by atoms with E-state index in [-0.39, 0.29) is 5.56 Å². The van der Waals surface area contributed by atoms with Crippen molar-refractivity contribution in [3.63, 3.8) is 0 Å². The lowest BCUT2D eigenvalue weighted by atomic mass is 9.99. The molecule has 0 spiro atoms. The van der Waals surface area contributed by atoms with E-state index in [2.05, 4.69) is 24.9 Å². The highest BCUT2D eigenvalue weighted by Gasteiger charge is 2.35. The molecular formula is C23H14F3N5O. The number of aromatic amines is 2. The fraction of sp³-hybridized carbons (Fsp3) is 0.0435. The van der Waals surface area contributed by atoms with E-state index in [0.29, 0.717) is 17.0 Å². The Morgan fingerprint density at radius 1 is 1.00 bits per heavy atom. The topological polar surface area (TPSA) is 87.3 Å². The first-order valence-electron chi connectivity index (χ1n) is 9.56. The van der Waals surface area contributed by atoms with Gasteiger partial charge in [-0.25, -0.2) is 15.0 Å². The molecule has 0 unspecified atom stereocenters. The minimum Gasteiger partial charge on any atom is -0.358 e. The minimum absolute atomic E-state index is 0.110. The Labute approximate surface area is 179 Å². The largest absolute Gasteiger partial charge is 0.417 e. The van der Waals surface area contributed by atoms with Gasteiger partial charge in [0, 0.05) is 29.1 Å². The maximum absolute atomic E-state index is 13.3. The number of aromatic nitrogens is 5. The van der Waals surface area contributed by atoms with Crippen LogP contribution in [0.4, 0.5) is 13.2 Å². The van der Waals surface area contributed by atoms with Crippen molar-refractivity contribution >= 4 is 16.8 Å². The van der Waals surface area contributed by atoms with Crippen LogP contribution in [0.15, 0.2) is 73.3 Å². The van der Waals surface area contributed by atoms with Crippen LogP contribution < -0.4 is 0 Å². The van der Waals surface area contributed by atoms with Crippen molar-refractivity contribution in [2.45, 2.75) is 6.18 Å². The van der Waals surface area contributed by atoms with Crippen LogP contribution in [0.25, 0.3) is 33.8 Å². The van der Waals surface area contributed by atoms with E-state index in [1.165, 1.54) is 36.8 Å². The first-order chi connectivity index (χ1) is 15.4. The Balaban J connectivity index is 1.48. The third-order valence-electron chi connectivity index (χ3n) is 5.04. The molecule has 6 nitrogen and oxygen atoms in total. The van der Waals surface area contributed by atoms with Gasteiger partial charge in [0.05, 0.1) is 28.0 Å². The van der Waals surface area contributed by atoms with Crippen LogP contribution in [0.2, 0.25) is 0 Å². The highest BCUT2D eigenvalue weighted by atomic mass is 19.4. The van der Waals surface area contributed by atoms with Gasteiger partial charge >= 0.3 is 6.18 Å². The van der Waals surface area contributed by atoms with Crippen LogP contribution in [0.5, 0.6) is 0 Å². The van der Waals surface area contributed by atoms with Crippen LogP contribution >= 0.6 is 0 Å². The molecule has 5 rings (SSSR count). The van der Waals surface area contributed by atoms with Crippen molar-refractivity contribution in [1.29, 1.82) is 0 Å².